The van der Waals surface area contributed by atoms with E-state index in [1.807, 2.05) is 56.3 Å². The number of hydrogen-bond acceptors (Lipinski definition) is 3. The molecular formula is C18H21Cl2N3O. The number of benzene rings is 2. The van der Waals surface area contributed by atoms with Gasteiger partial charge < -0.3 is 15.5 Å². The Morgan fingerprint density at radius 2 is 1.79 bits per heavy atom. The van der Waals surface area contributed by atoms with Crippen molar-refractivity contribution >= 4 is 40.5 Å². The second-order valence-electron chi connectivity index (χ2n) is 5.76. The molecule has 2 aromatic carbocycles. The molecule has 0 aliphatic heterocycles. The van der Waals surface area contributed by atoms with Crippen molar-refractivity contribution in [3.8, 4) is 0 Å². The Kier molecular flexibility index (Phi) is 6.49. The predicted octanol–water partition coefficient (Wildman–Crippen LogP) is 4.35. The van der Waals surface area contributed by atoms with E-state index in [1.54, 1.807) is 12.1 Å². The maximum Gasteiger partial charge on any atom is 0.238 e. The van der Waals surface area contributed by atoms with Gasteiger partial charge in [0.2, 0.25) is 5.91 Å². The lowest BCUT2D eigenvalue weighted by atomic mass is 10.1. The van der Waals surface area contributed by atoms with E-state index in [1.165, 1.54) is 0 Å². The minimum Gasteiger partial charge on any atom is -0.378 e. The highest BCUT2D eigenvalue weighted by atomic mass is 35.5. The van der Waals surface area contributed by atoms with Gasteiger partial charge in [-0.1, -0.05) is 29.3 Å². The standard InChI is InChI=1S/C18H21Cl2N3O/c1-12(16-9-4-13(19)10-17(16)20)21-11-18(24)22-14-5-7-15(8-6-14)23(2)3/h4-10,12,21H,11H2,1-3H3,(H,22,24)/t12-/m1/s1. The zero-order chi connectivity index (χ0) is 17.7. The molecule has 0 saturated carbocycles. The molecule has 4 nitrogen and oxygen atoms in total. The number of hydrogen-bond donors (Lipinski definition) is 2. The van der Waals surface area contributed by atoms with Gasteiger partial charge in [0.1, 0.15) is 0 Å². The van der Waals surface area contributed by atoms with Crippen molar-refractivity contribution in [2.24, 2.45) is 0 Å². The van der Waals surface area contributed by atoms with E-state index in [0.717, 1.165) is 16.9 Å². The number of anilines is 2. The van der Waals surface area contributed by atoms with Gasteiger partial charge in [0, 0.05) is 41.6 Å². The van der Waals surface area contributed by atoms with E-state index in [0.29, 0.717) is 10.0 Å². The molecule has 2 aromatic rings. The van der Waals surface area contributed by atoms with Gasteiger partial charge in [0.15, 0.2) is 0 Å². The Labute approximate surface area is 152 Å². The summed E-state index contributed by atoms with van der Waals surface area (Å²) in [5.74, 6) is -0.107. The molecule has 0 spiro atoms. The molecule has 6 heteroatoms. The lowest BCUT2D eigenvalue weighted by Gasteiger charge is -2.16. The number of nitrogens with one attached hydrogen (secondary N) is 2. The van der Waals surface area contributed by atoms with Crippen LogP contribution in [0.3, 0.4) is 0 Å². The van der Waals surface area contributed by atoms with Gasteiger partial charge in [-0.05, 0) is 48.9 Å². The predicted molar refractivity (Wildman–Crippen MR) is 102 cm³/mol. The number of nitrogens with zero attached hydrogens (tertiary/aromatic N) is 1. The molecule has 0 radical (unpaired) electrons. The van der Waals surface area contributed by atoms with Crippen molar-refractivity contribution < 1.29 is 4.79 Å². The van der Waals surface area contributed by atoms with Crippen LogP contribution in [0.25, 0.3) is 0 Å². The summed E-state index contributed by atoms with van der Waals surface area (Å²) in [4.78, 5) is 14.1. The molecule has 24 heavy (non-hydrogen) atoms. The SMILES string of the molecule is C[C@@H](NCC(=O)Nc1ccc(N(C)C)cc1)c1ccc(Cl)cc1Cl. The van der Waals surface area contributed by atoms with Crippen molar-refractivity contribution in [1.82, 2.24) is 5.32 Å². The highest BCUT2D eigenvalue weighted by Gasteiger charge is 2.11. The van der Waals surface area contributed by atoms with Gasteiger partial charge >= 0.3 is 0 Å². The molecule has 2 rings (SSSR count). The smallest absolute Gasteiger partial charge is 0.238 e. The minimum atomic E-state index is -0.107. The van der Waals surface area contributed by atoms with E-state index in [-0.39, 0.29) is 18.5 Å². The second-order valence-corrected chi connectivity index (χ2v) is 6.60. The number of halogens is 2. The topological polar surface area (TPSA) is 44.4 Å². The van der Waals surface area contributed by atoms with Crippen molar-refractivity contribution in [2.45, 2.75) is 13.0 Å². The molecule has 0 fully saturated rings. The van der Waals surface area contributed by atoms with E-state index >= 15 is 0 Å². The summed E-state index contributed by atoms with van der Waals surface area (Å²) in [5, 5.41) is 7.20. The van der Waals surface area contributed by atoms with Crippen molar-refractivity contribution in [3.05, 3.63) is 58.1 Å². The monoisotopic (exact) mass is 365 g/mol. The largest absolute Gasteiger partial charge is 0.378 e. The summed E-state index contributed by atoms with van der Waals surface area (Å²) in [5.41, 5.74) is 2.76. The van der Waals surface area contributed by atoms with Crippen LogP contribution in [0.2, 0.25) is 10.0 Å². The molecule has 0 aliphatic carbocycles. The van der Waals surface area contributed by atoms with Crippen LogP contribution in [0, 0.1) is 0 Å². The summed E-state index contributed by atoms with van der Waals surface area (Å²) in [6.07, 6.45) is 0. The van der Waals surface area contributed by atoms with Crippen LogP contribution in [-0.4, -0.2) is 26.5 Å². The Morgan fingerprint density at radius 1 is 1.12 bits per heavy atom. The van der Waals surface area contributed by atoms with Crippen LogP contribution >= 0.6 is 23.2 Å². The number of carbonyl (C=O) groups excluding carboxylic acids is 1. The first-order valence-electron chi connectivity index (χ1n) is 7.62. The first kappa shape index (κ1) is 18.6. The maximum atomic E-state index is 12.1. The first-order valence-corrected chi connectivity index (χ1v) is 8.38. The van der Waals surface area contributed by atoms with Gasteiger partial charge in [-0.15, -0.1) is 0 Å². The van der Waals surface area contributed by atoms with Gasteiger partial charge in [0.05, 0.1) is 6.54 Å². The second kappa shape index (κ2) is 8.38. The molecule has 0 saturated heterocycles. The Balaban J connectivity index is 1.88. The number of amides is 1. The third kappa shape index (κ3) is 5.13. The first-order chi connectivity index (χ1) is 11.4. The van der Waals surface area contributed by atoms with Crippen LogP contribution in [0.4, 0.5) is 11.4 Å². The van der Waals surface area contributed by atoms with Crippen LogP contribution in [-0.2, 0) is 4.79 Å². The van der Waals surface area contributed by atoms with E-state index in [4.69, 9.17) is 23.2 Å². The Bertz CT molecular complexity index is 702. The molecular weight excluding hydrogens is 345 g/mol. The molecule has 0 bridgehead atoms. The van der Waals surface area contributed by atoms with Gasteiger partial charge in [-0.25, -0.2) is 0 Å². The van der Waals surface area contributed by atoms with E-state index in [9.17, 15) is 4.79 Å². The summed E-state index contributed by atoms with van der Waals surface area (Å²) in [6.45, 7) is 2.14. The highest BCUT2D eigenvalue weighted by molar-refractivity contribution is 6.35. The molecule has 0 heterocycles. The maximum absolute atomic E-state index is 12.1. The molecule has 0 aliphatic rings. The van der Waals surface area contributed by atoms with Crippen molar-refractivity contribution in [3.63, 3.8) is 0 Å². The zero-order valence-corrected chi connectivity index (χ0v) is 15.4. The fourth-order valence-corrected chi connectivity index (χ4v) is 2.83. The van der Waals surface area contributed by atoms with Crippen LogP contribution in [0.5, 0.6) is 0 Å². The van der Waals surface area contributed by atoms with Crippen molar-refractivity contribution in [1.29, 1.82) is 0 Å². The minimum absolute atomic E-state index is 0.0587. The third-order valence-corrected chi connectivity index (χ3v) is 4.23. The van der Waals surface area contributed by atoms with Crippen LogP contribution < -0.4 is 15.5 Å². The molecule has 0 aromatic heterocycles. The fraction of sp³-hybridized carbons (Fsp3) is 0.278. The molecule has 0 unspecified atom stereocenters. The third-order valence-electron chi connectivity index (χ3n) is 3.67. The average Bonchev–Trinajstić information content (AvgIpc) is 2.53. The zero-order valence-electron chi connectivity index (χ0n) is 13.9. The van der Waals surface area contributed by atoms with Crippen LogP contribution in [0.1, 0.15) is 18.5 Å². The summed E-state index contributed by atoms with van der Waals surface area (Å²) in [7, 11) is 3.95. The quantitative estimate of drug-likeness (QED) is 0.799. The van der Waals surface area contributed by atoms with Gasteiger partial charge in [0.25, 0.3) is 0 Å². The van der Waals surface area contributed by atoms with Gasteiger partial charge in [-0.2, -0.15) is 0 Å². The lowest BCUT2D eigenvalue weighted by Crippen LogP contribution is -2.30. The normalized spacial score (nSPS) is 11.9. The molecule has 2 N–H and O–H groups in total. The highest BCUT2D eigenvalue weighted by Crippen LogP contribution is 2.26. The average molecular weight is 366 g/mol. The van der Waals surface area contributed by atoms with E-state index < -0.39 is 0 Å². The number of rotatable bonds is 6. The summed E-state index contributed by atoms with van der Waals surface area (Å²) < 4.78 is 0. The van der Waals surface area contributed by atoms with Crippen LogP contribution in [0.15, 0.2) is 42.5 Å². The summed E-state index contributed by atoms with van der Waals surface area (Å²) >= 11 is 12.1. The number of carbonyl (C=O) groups is 1. The van der Waals surface area contributed by atoms with E-state index in [2.05, 4.69) is 10.6 Å². The Hall–Kier alpha value is -1.75. The van der Waals surface area contributed by atoms with Crippen molar-refractivity contribution in [2.75, 3.05) is 30.9 Å². The lowest BCUT2D eigenvalue weighted by molar-refractivity contribution is -0.115. The summed E-state index contributed by atoms with van der Waals surface area (Å²) in [6, 6.07) is 13.0. The fourth-order valence-electron chi connectivity index (χ4n) is 2.26. The molecule has 1 atom stereocenters. The Morgan fingerprint density at radius 3 is 2.38 bits per heavy atom. The molecule has 128 valence electrons. The van der Waals surface area contributed by atoms with Gasteiger partial charge in [-0.3, -0.25) is 4.79 Å². The molecule has 1 amide bonds.